The van der Waals surface area contributed by atoms with Crippen molar-refractivity contribution in [2.75, 3.05) is 40.8 Å². The highest BCUT2D eigenvalue weighted by Crippen LogP contribution is 1.99. The van der Waals surface area contributed by atoms with Gasteiger partial charge in [0.1, 0.15) is 0 Å². The van der Waals surface area contributed by atoms with Crippen molar-refractivity contribution in [3.63, 3.8) is 0 Å². The zero-order valence-electron chi connectivity index (χ0n) is 10.2. The van der Waals surface area contributed by atoms with Gasteiger partial charge in [-0.05, 0) is 33.4 Å². The van der Waals surface area contributed by atoms with E-state index in [0.717, 1.165) is 32.4 Å². The van der Waals surface area contributed by atoms with E-state index in [1.54, 1.807) is 4.90 Å². The summed E-state index contributed by atoms with van der Waals surface area (Å²) in [6.07, 6.45) is 3.38. The molecule has 0 heterocycles. The van der Waals surface area contributed by atoms with Crippen molar-refractivity contribution in [3.8, 4) is 0 Å². The predicted molar refractivity (Wildman–Crippen MR) is 61.7 cm³/mol. The molecule has 0 atom stereocenters. The van der Waals surface area contributed by atoms with Crippen LogP contribution in [-0.4, -0.2) is 61.7 Å². The predicted octanol–water partition coefficient (Wildman–Crippen LogP) is 0.559. The van der Waals surface area contributed by atoms with E-state index in [0.29, 0.717) is 6.42 Å². The van der Waals surface area contributed by atoms with E-state index in [1.165, 1.54) is 0 Å². The Balaban J connectivity index is 3.51. The van der Waals surface area contributed by atoms with Gasteiger partial charge in [0.2, 0.25) is 5.91 Å². The summed E-state index contributed by atoms with van der Waals surface area (Å²) in [4.78, 5) is 15.4. The van der Waals surface area contributed by atoms with Crippen LogP contribution in [0.4, 0.5) is 0 Å². The third-order valence-corrected chi connectivity index (χ3v) is 2.35. The Kier molecular flexibility index (Phi) is 8.33. The molecule has 0 radical (unpaired) electrons. The van der Waals surface area contributed by atoms with Gasteiger partial charge >= 0.3 is 0 Å². The highest BCUT2D eigenvalue weighted by atomic mass is 16.2. The van der Waals surface area contributed by atoms with Gasteiger partial charge in [0, 0.05) is 33.2 Å². The number of carbonyl (C=O) groups is 1. The first kappa shape index (κ1) is 14.4. The molecule has 0 fully saturated rings. The van der Waals surface area contributed by atoms with Crippen molar-refractivity contribution in [2.24, 2.45) is 0 Å². The molecule has 0 aromatic heterocycles. The molecule has 0 aromatic rings. The first-order chi connectivity index (χ1) is 7.07. The molecule has 15 heavy (non-hydrogen) atoms. The molecule has 0 rings (SSSR count). The largest absolute Gasteiger partial charge is 0.396 e. The number of rotatable bonds is 8. The van der Waals surface area contributed by atoms with Gasteiger partial charge in [-0.1, -0.05) is 0 Å². The fraction of sp³-hybridized carbons (Fsp3) is 0.909. The van der Waals surface area contributed by atoms with Crippen LogP contribution in [0, 0.1) is 0 Å². The quantitative estimate of drug-likeness (QED) is 0.603. The number of unbranched alkanes of at least 4 members (excludes halogenated alkanes) is 2. The average Bonchev–Trinajstić information content (AvgIpc) is 2.20. The van der Waals surface area contributed by atoms with Crippen LogP contribution in [-0.2, 0) is 4.79 Å². The van der Waals surface area contributed by atoms with Crippen LogP contribution < -0.4 is 0 Å². The van der Waals surface area contributed by atoms with Crippen LogP contribution in [0.1, 0.15) is 25.7 Å². The van der Waals surface area contributed by atoms with Gasteiger partial charge in [-0.25, -0.2) is 0 Å². The maximum absolute atomic E-state index is 11.6. The third kappa shape index (κ3) is 8.39. The number of carbonyl (C=O) groups excluding carboxylic acids is 1. The van der Waals surface area contributed by atoms with Crippen molar-refractivity contribution >= 4 is 5.91 Å². The standard InChI is InChI=1S/C11H24N2O2/c1-12(2)9-7-11(15)13(3)8-5-4-6-10-14/h14H,4-10H2,1-3H3. The monoisotopic (exact) mass is 216 g/mol. The fourth-order valence-corrected chi connectivity index (χ4v) is 1.27. The van der Waals surface area contributed by atoms with Crippen molar-refractivity contribution < 1.29 is 9.90 Å². The molecule has 4 nitrogen and oxygen atoms in total. The molecule has 0 unspecified atom stereocenters. The number of aliphatic hydroxyl groups excluding tert-OH is 1. The molecular weight excluding hydrogens is 192 g/mol. The van der Waals surface area contributed by atoms with Gasteiger partial charge in [0.05, 0.1) is 0 Å². The third-order valence-electron chi connectivity index (χ3n) is 2.35. The summed E-state index contributed by atoms with van der Waals surface area (Å²) in [5.74, 6) is 0.202. The summed E-state index contributed by atoms with van der Waals surface area (Å²) < 4.78 is 0. The molecule has 0 aliphatic heterocycles. The van der Waals surface area contributed by atoms with Crippen LogP contribution in [0.25, 0.3) is 0 Å². The van der Waals surface area contributed by atoms with Crippen molar-refractivity contribution in [1.82, 2.24) is 9.80 Å². The van der Waals surface area contributed by atoms with Crippen LogP contribution in [0.15, 0.2) is 0 Å². The summed E-state index contributed by atoms with van der Waals surface area (Å²) in [5.41, 5.74) is 0. The Morgan fingerprint density at radius 2 is 1.73 bits per heavy atom. The molecular formula is C11H24N2O2. The minimum absolute atomic E-state index is 0.202. The van der Waals surface area contributed by atoms with E-state index in [2.05, 4.69) is 0 Å². The summed E-state index contributed by atoms with van der Waals surface area (Å²) in [6, 6.07) is 0. The molecule has 0 aliphatic carbocycles. The van der Waals surface area contributed by atoms with Gasteiger partial charge in [-0.15, -0.1) is 0 Å². The Hall–Kier alpha value is -0.610. The highest BCUT2D eigenvalue weighted by molar-refractivity contribution is 5.75. The van der Waals surface area contributed by atoms with Gasteiger partial charge < -0.3 is 14.9 Å². The zero-order chi connectivity index (χ0) is 11.7. The lowest BCUT2D eigenvalue weighted by molar-refractivity contribution is -0.130. The van der Waals surface area contributed by atoms with E-state index in [1.807, 2.05) is 26.0 Å². The highest BCUT2D eigenvalue weighted by Gasteiger charge is 2.07. The number of nitrogens with zero attached hydrogens (tertiary/aromatic N) is 2. The minimum Gasteiger partial charge on any atom is -0.396 e. The van der Waals surface area contributed by atoms with Crippen molar-refractivity contribution in [1.29, 1.82) is 0 Å². The van der Waals surface area contributed by atoms with Crippen LogP contribution in [0.5, 0.6) is 0 Å². The minimum atomic E-state index is 0.202. The lowest BCUT2D eigenvalue weighted by atomic mass is 10.2. The second-order valence-electron chi connectivity index (χ2n) is 4.15. The first-order valence-corrected chi connectivity index (χ1v) is 5.57. The Morgan fingerprint density at radius 1 is 1.07 bits per heavy atom. The first-order valence-electron chi connectivity index (χ1n) is 5.57. The van der Waals surface area contributed by atoms with Crippen molar-refractivity contribution in [3.05, 3.63) is 0 Å². The van der Waals surface area contributed by atoms with E-state index >= 15 is 0 Å². The molecule has 0 saturated heterocycles. The molecule has 0 spiro atoms. The van der Waals surface area contributed by atoms with Gasteiger partial charge in [-0.3, -0.25) is 4.79 Å². The molecule has 1 N–H and O–H groups in total. The summed E-state index contributed by atoms with van der Waals surface area (Å²) in [6.45, 7) is 1.85. The van der Waals surface area contributed by atoms with Crippen LogP contribution in [0.2, 0.25) is 0 Å². The Labute approximate surface area is 92.9 Å². The smallest absolute Gasteiger partial charge is 0.223 e. The van der Waals surface area contributed by atoms with E-state index in [9.17, 15) is 4.79 Å². The Morgan fingerprint density at radius 3 is 2.27 bits per heavy atom. The molecule has 1 amide bonds. The SMILES string of the molecule is CN(C)CCC(=O)N(C)CCCCCO. The van der Waals surface area contributed by atoms with E-state index in [-0.39, 0.29) is 12.5 Å². The summed E-state index contributed by atoms with van der Waals surface area (Å²) in [5, 5.41) is 8.60. The molecule has 0 saturated carbocycles. The normalized spacial score (nSPS) is 10.7. The summed E-state index contributed by atoms with van der Waals surface area (Å²) in [7, 11) is 5.78. The second kappa shape index (κ2) is 8.68. The lowest BCUT2D eigenvalue weighted by Gasteiger charge is -2.18. The van der Waals surface area contributed by atoms with Crippen LogP contribution in [0.3, 0.4) is 0 Å². The number of aliphatic hydroxyl groups is 1. The fourth-order valence-electron chi connectivity index (χ4n) is 1.27. The number of hydrogen-bond acceptors (Lipinski definition) is 3. The topological polar surface area (TPSA) is 43.8 Å². The second-order valence-corrected chi connectivity index (χ2v) is 4.15. The summed E-state index contributed by atoms with van der Waals surface area (Å²) >= 11 is 0. The average molecular weight is 216 g/mol. The van der Waals surface area contributed by atoms with Gasteiger partial charge in [0.15, 0.2) is 0 Å². The lowest BCUT2D eigenvalue weighted by Crippen LogP contribution is -2.30. The van der Waals surface area contributed by atoms with Gasteiger partial charge in [-0.2, -0.15) is 0 Å². The zero-order valence-corrected chi connectivity index (χ0v) is 10.2. The number of amides is 1. The Bertz CT molecular complexity index is 172. The number of hydrogen-bond donors (Lipinski definition) is 1. The van der Waals surface area contributed by atoms with Crippen LogP contribution >= 0.6 is 0 Å². The molecule has 0 aromatic carbocycles. The molecule has 90 valence electrons. The molecule has 4 heteroatoms. The van der Waals surface area contributed by atoms with Crippen molar-refractivity contribution in [2.45, 2.75) is 25.7 Å². The molecule has 0 bridgehead atoms. The molecule has 0 aliphatic rings. The van der Waals surface area contributed by atoms with E-state index in [4.69, 9.17) is 5.11 Å². The van der Waals surface area contributed by atoms with E-state index < -0.39 is 0 Å². The maximum Gasteiger partial charge on any atom is 0.223 e. The maximum atomic E-state index is 11.6. The van der Waals surface area contributed by atoms with Gasteiger partial charge in [0.25, 0.3) is 0 Å².